The summed E-state index contributed by atoms with van der Waals surface area (Å²) in [6, 6.07) is 19.4. The van der Waals surface area contributed by atoms with Gasteiger partial charge in [0.15, 0.2) is 0 Å². The van der Waals surface area contributed by atoms with Crippen molar-refractivity contribution in [1.29, 1.82) is 0 Å². The minimum Gasteiger partial charge on any atom is -0.313 e. The zero-order valence-corrected chi connectivity index (χ0v) is 22.1. The number of nitrogens with one attached hydrogen (secondary N) is 1. The van der Waals surface area contributed by atoms with Crippen molar-refractivity contribution < 1.29 is 13.6 Å². The molecule has 0 saturated carbocycles. The zero-order valence-electron chi connectivity index (χ0n) is 22.1. The molecule has 1 amide bonds. The van der Waals surface area contributed by atoms with Gasteiger partial charge in [-0.3, -0.25) is 4.79 Å². The summed E-state index contributed by atoms with van der Waals surface area (Å²) >= 11 is 0. The Hall–Kier alpha value is -4.43. The average molecular weight is 538 g/mol. The SMILES string of the molecule is CCCCNCc1ccccc1N1N=C2C(=CC(Cc3ccc(-n4cccn4)cc3)c3c(F)ccc(F)c32)C1=O. The molecule has 2 heterocycles. The molecule has 202 valence electrons. The molecule has 0 saturated heterocycles. The number of fused-ring (bicyclic) bond motifs is 3. The maximum Gasteiger partial charge on any atom is 0.280 e. The van der Waals surface area contributed by atoms with E-state index in [4.69, 9.17) is 0 Å². The number of allylic oxidation sites excluding steroid dienone is 1. The molecule has 4 aromatic rings. The van der Waals surface area contributed by atoms with Crippen molar-refractivity contribution in [3.8, 4) is 5.69 Å². The second-order valence-corrected chi connectivity index (χ2v) is 10.1. The third-order valence-electron chi connectivity index (χ3n) is 7.40. The molecule has 40 heavy (non-hydrogen) atoms. The van der Waals surface area contributed by atoms with Crippen molar-refractivity contribution in [2.75, 3.05) is 11.6 Å². The van der Waals surface area contributed by atoms with Gasteiger partial charge < -0.3 is 5.32 Å². The number of carbonyl (C=O) groups excluding carboxylic acids is 1. The summed E-state index contributed by atoms with van der Waals surface area (Å²) in [5.74, 6) is -1.99. The van der Waals surface area contributed by atoms with Crippen LogP contribution in [0.3, 0.4) is 0 Å². The third-order valence-corrected chi connectivity index (χ3v) is 7.40. The van der Waals surface area contributed by atoms with E-state index in [0.29, 0.717) is 24.2 Å². The van der Waals surface area contributed by atoms with Gasteiger partial charge in [-0.15, -0.1) is 0 Å². The number of benzene rings is 3. The average Bonchev–Trinajstić information content (AvgIpc) is 3.62. The zero-order chi connectivity index (χ0) is 27.6. The molecular formula is C32H29F2N5O. The Bertz CT molecular complexity index is 1610. The summed E-state index contributed by atoms with van der Waals surface area (Å²) < 4.78 is 32.4. The third kappa shape index (κ3) is 4.75. The van der Waals surface area contributed by atoms with Crippen LogP contribution in [0, 0.1) is 11.6 Å². The molecule has 0 spiro atoms. The summed E-state index contributed by atoms with van der Waals surface area (Å²) in [5.41, 5.74) is 4.12. The van der Waals surface area contributed by atoms with Crippen LogP contribution in [0.25, 0.3) is 5.69 Å². The fourth-order valence-electron chi connectivity index (χ4n) is 5.38. The van der Waals surface area contributed by atoms with Crippen LogP contribution >= 0.6 is 0 Å². The van der Waals surface area contributed by atoms with E-state index >= 15 is 8.78 Å². The first-order valence-electron chi connectivity index (χ1n) is 13.6. The molecular weight excluding hydrogens is 508 g/mol. The number of anilines is 1. The van der Waals surface area contributed by atoms with E-state index in [0.717, 1.165) is 48.3 Å². The van der Waals surface area contributed by atoms with Crippen molar-refractivity contribution in [3.05, 3.63) is 125 Å². The molecule has 1 aliphatic carbocycles. The molecule has 8 heteroatoms. The first kappa shape index (κ1) is 25.8. The number of unbranched alkanes of at least 4 members (excludes halogenated alkanes) is 1. The molecule has 1 aromatic heterocycles. The largest absolute Gasteiger partial charge is 0.313 e. The smallest absolute Gasteiger partial charge is 0.280 e. The molecule has 2 aliphatic rings. The highest BCUT2D eigenvalue weighted by Crippen LogP contribution is 2.40. The van der Waals surface area contributed by atoms with Crippen molar-refractivity contribution in [2.45, 2.75) is 38.6 Å². The monoisotopic (exact) mass is 537 g/mol. The topological polar surface area (TPSA) is 62.5 Å². The fourth-order valence-corrected chi connectivity index (χ4v) is 5.38. The van der Waals surface area contributed by atoms with E-state index in [1.165, 1.54) is 5.01 Å². The lowest BCUT2D eigenvalue weighted by atomic mass is 9.79. The Morgan fingerprint density at radius 1 is 0.975 bits per heavy atom. The summed E-state index contributed by atoms with van der Waals surface area (Å²) in [6.45, 7) is 3.56. The van der Waals surface area contributed by atoms with Crippen molar-refractivity contribution >= 4 is 17.3 Å². The van der Waals surface area contributed by atoms with E-state index < -0.39 is 17.6 Å². The van der Waals surface area contributed by atoms with Crippen molar-refractivity contribution in [3.63, 3.8) is 0 Å². The van der Waals surface area contributed by atoms with E-state index in [9.17, 15) is 4.79 Å². The second kappa shape index (κ2) is 11.0. The van der Waals surface area contributed by atoms with Crippen LogP contribution in [0.2, 0.25) is 0 Å². The number of hydrogen-bond donors (Lipinski definition) is 1. The molecule has 6 nitrogen and oxygen atoms in total. The van der Waals surface area contributed by atoms with Gasteiger partial charge in [0.2, 0.25) is 0 Å². The molecule has 1 atom stereocenters. The Morgan fingerprint density at radius 2 is 1.77 bits per heavy atom. The highest BCUT2D eigenvalue weighted by Gasteiger charge is 2.40. The van der Waals surface area contributed by atoms with Gasteiger partial charge in [0, 0.05) is 36.0 Å². The highest BCUT2D eigenvalue weighted by atomic mass is 19.1. The van der Waals surface area contributed by atoms with Crippen LogP contribution in [0.1, 0.15) is 47.9 Å². The van der Waals surface area contributed by atoms with Crippen molar-refractivity contribution in [1.82, 2.24) is 15.1 Å². The number of amides is 1. The van der Waals surface area contributed by atoms with E-state index in [-0.39, 0.29) is 22.7 Å². The van der Waals surface area contributed by atoms with E-state index in [1.807, 2.05) is 60.8 Å². The first-order chi connectivity index (χ1) is 19.5. The minimum atomic E-state index is -0.594. The van der Waals surface area contributed by atoms with Gasteiger partial charge in [-0.2, -0.15) is 15.2 Å². The quantitative estimate of drug-likeness (QED) is 0.264. The maximum atomic E-state index is 15.4. The van der Waals surface area contributed by atoms with Gasteiger partial charge >= 0.3 is 0 Å². The lowest BCUT2D eigenvalue weighted by molar-refractivity contribution is -0.114. The van der Waals surface area contributed by atoms with E-state index in [1.54, 1.807) is 17.0 Å². The molecule has 3 aromatic carbocycles. The number of aromatic nitrogens is 2. The number of carbonyl (C=O) groups is 1. The van der Waals surface area contributed by atoms with Crippen LogP contribution in [0.4, 0.5) is 14.5 Å². The fraction of sp³-hybridized carbons (Fsp3) is 0.219. The molecule has 1 N–H and O–H groups in total. The van der Waals surface area contributed by atoms with Gasteiger partial charge in [0.1, 0.15) is 17.3 Å². The summed E-state index contributed by atoms with van der Waals surface area (Å²) in [7, 11) is 0. The van der Waals surface area contributed by atoms with Gasteiger partial charge in [-0.1, -0.05) is 49.8 Å². The Balaban J connectivity index is 1.35. The Labute approximate surface area is 231 Å². The molecule has 0 radical (unpaired) electrons. The minimum absolute atomic E-state index is 0.0602. The standard InChI is InChI=1S/C32H29F2N5O/c1-2-3-15-35-20-22-7-4-5-8-28(22)39-32(40)25-19-23(29-26(33)13-14-27(34)30(29)31(25)37-39)18-21-9-11-24(12-10-21)38-17-6-16-36-38/h4-14,16-17,19,23,35H,2-3,15,18,20H2,1H3. The Kier molecular flexibility index (Phi) is 7.09. The first-order valence-corrected chi connectivity index (χ1v) is 13.6. The van der Waals surface area contributed by atoms with Gasteiger partial charge in [-0.25, -0.2) is 13.5 Å². The van der Waals surface area contributed by atoms with Gasteiger partial charge in [0.25, 0.3) is 5.91 Å². The number of hydrazone groups is 1. The number of rotatable bonds is 9. The van der Waals surface area contributed by atoms with Crippen LogP contribution in [0.15, 0.2) is 95.9 Å². The second-order valence-electron chi connectivity index (χ2n) is 10.1. The normalized spacial score (nSPS) is 16.0. The van der Waals surface area contributed by atoms with Crippen LogP contribution in [0.5, 0.6) is 0 Å². The number of para-hydroxylation sites is 1. The lowest BCUT2D eigenvalue weighted by Gasteiger charge is -2.24. The molecule has 1 unspecified atom stereocenters. The van der Waals surface area contributed by atoms with E-state index in [2.05, 4.69) is 22.4 Å². The van der Waals surface area contributed by atoms with Gasteiger partial charge in [-0.05, 0) is 66.9 Å². The number of nitrogens with zero attached hydrogens (tertiary/aromatic N) is 4. The summed E-state index contributed by atoms with van der Waals surface area (Å²) in [4.78, 5) is 13.7. The summed E-state index contributed by atoms with van der Waals surface area (Å²) in [6.07, 6.45) is 7.84. The highest BCUT2D eigenvalue weighted by molar-refractivity contribution is 6.36. The predicted octanol–water partition coefficient (Wildman–Crippen LogP) is 6.06. The lowest BCUT2D eigenvalue weighted by Crippen LogP contribution is -2.26. The molecule has 6 rings (SSSR count). The molecule has 0 fully saturated rings. The van der Waals surface area contributed by atoms with Gasteiger partial charge in [0.05, 0.1) is 16.9 Å². The molecule has 0 bridgehead atoms. The predicted molar refractivity (Wildman–Crippen MR) is 152 cm³/mol. The summed E-state index contributed by atoms with van der Waals surface area (Å²) in [5, 5.41) is 13.6. The molecule has 1 aliphatic heterocycles. The van der Waals surface area contributed by atoms with Crippen LogP contribution in [-0.4, -0.2) is 27.9 Å². The van der Waals surface area contributed by atoms with Crippen LogP contribution in [-0.2, 0) is 17.8 Å². The number of halogens is 2. The maximum absolute atomic E-state index is 15.4. The van der Waals surface area contributed by atoms with Crippen LogP contribution < -0.4 is 10.3 Å². The van der Waals surface area contributed by atoms with Crippen molar-refractivity contribution in [2.24, 2.45) is 5.10 Å². The Morgan fingerprint density at radius 3 is 2.55 bits per heavy atom. The number of hydrogen-bond acceptors (Lipinski definition) is 4.